The molecule has 0 unspecified atom stereocenters. The molecule has 0 aliphatic heterocycles. The summed E-state index contributed by atoms with van der Waals surface area (Å²) in [4.78, 5) is 38.7. The molecule has 0 spiro atoms. The van der Waals surface area contributed by atoms with Crippen molar-refractivity contribution in [2.24, 2.45) is 0 Å². The fraction of sp³-hybridized carbons (Fsp3) is 0.545. The highest BCUT2D eigenvalue weighted by Crippen LogP contribution is 2.08. The van der Waals surface area contributed by atoms with Gasteiger partial charge in [0.15, 0.2) is 0 Å². The number of H-pyrrole nitrogens is 2. The molecule has 0 saturated heterocycles. The number of rotatable bonds is 3. The summed E-state index contributed by atoms with van der Waals surface area (Å²) in [6.45, 7) is 6.73. The summed E-state index contributed by atoms with van der Waals surface area (Å²) in [6.07, 6.45) is 1.24. The molecule has 0 bridgehead atoms. The lowest BCUT2D eigenvalue weighted by atomic mass is 10.2. The smallest absolute Gasteiger partial charge is 0.328 e. The van der Waals surface area contributed by atoms with Crippen LogP contribution in [0.25, 0.3) is 0 Å². The zero-order valence-corrected chi connectivity index (χ0v) is 10.8. The van der Waals surface area contributed by atoms with Crippen LogP contribution < -0.4 is 11.0 Å². The van der Waals surface area contributed by atoms with Crippen LogP contribution >= 0.6 is 0 Å². The number of aromatic amines is 2. The fourth-order valence-corrected chi connectivity index (χ4v) is 1.18. The summed E-state index contributed by atoms with van der Waals surface area (Å²) >= 11 is 0. The Kier molecular flexibility index (Phi) is 3.95. The van der Waals surface area contributed by atoms with Gasteiger partial charge in [0.1, 0.15) is 17.3 Å². The third-order valence-corrected chi connectivity index (χ3v) is 1.95. The summed E-state index contributed by atoms with van der Waals surface area (Å²) in [5.74, 6) is -1.08. The Morgan fingerprint density at radius 3 is 2.44 bits per heavy atom. The van der Waals surface area contributed by atoms with Gasteiger partial charge in [0.25, 0.3) is 5.91 Å². The summed E-state index contributed by atoms with van der Waals surface area (Å²) < 4.78 is 5.11. The number of amides is 1. The van der Waals surface area contributed by atoms with Crippen molar-refractivity contribution in [2.45, 2.75) is 39.3 Å². The molecule has 1 atom stereocenters. The molecule has 0 aliphatic carbocycles. The van der Waals surface area contributed by atoms with Gasteiger partial charge in [0.2, 0.25) is 0 Å². The highest BCUT2D eigenvalue weighted by molar-refractivity contribution is 5.94. The number of hydrogen-bond acceptors (Lipinski definition) is 4. The molecule has 7 nitrogen and oxygen atoms in total. The number of ether oxygens (including phenoxy) is 1. The Balaban J connectivity index is 2.60. The van der Waals surface area contributed by atoms with Crippen LogP contribution in [0.5, 0.6) is 0 Å². The summed E-state index contributed by atoms with van der Waals surface area (Å²) in [5.41, 5.74) is -1.03. The molecule has 0 aromatic carbocycles. The van der Waals surface area contributed by atoms with Gasteiger partial charge in [-0.1, -0.05) is 0 Å². The first-order chi connectivity index (χ1) is 8.19. The van der Waals surface area contributed by atoms with E-state index in [4.69, 9.17) is 4.74 Å². The van der Waals surface area contributed by atoms with Crippen molar-refractivity contribution in [1.82, 2.24) is 15.3 Å². The van der Waals surface area contributed by atoms with Gasteiger partial charge in [-0.25, -0.2) is 9.59 Å². The van der Waals surface area contributed by atoms with Crippen molar-refractivity contribution < 1.29 is 14.3 Å². The van der Waals surface area contributed by atoms with Crippen LogP contribution in [0.1, 0.15) is 38.2 Å². The molecule has 1 rings (SSSR count). The molecule has 7 heteroatoms. The van der Waals surface area contributed by atoms with E-state index < -0.39 is 29.2 Å². The number of hydrogen-bond donors (Lipinski definition) is 3. The quantitative estimate of drug-likeness (QED) is 0.669. The van der Waals surface area contributed by atoms with Gasteiger partial charge in [-0.3, -0.25) is 4.79 Å². The van der Waals surface area contributed by atoms with E-state index in [0.717, 1.165) is 0 Å². The Labute approximate surface area is 104 Å². The third-order valence-electron chi connectivity index (χ3n) is 1.95. The van der Waals surface area contributed by atoms with Crippen molar-refractivity contribution in [3.63, 3.8) is 0 Å². The molecule has 0 saturated carbocycles. The largest absolute Gasteiger partial charge is 0.458 e. The van der Waals surface area contributed by atoms with E-state index in [0.29, 0.717) is 0 Å². The number of esters is 1. The Morgan fingerprint density at radius 2 is 2.00 bits per heavy atom. The SMILES string of the molecule is C[C@@H](NC(=O)c1c[nH]c(=O)[nH]1)C(=O)OC(C)(C)C. The molecule has 1 amide bonds. The molecule has 1 aromatic heterocycles. The van der Waals surface area contributed by atoms with Crippen molar-refractivity contribution >= 4 is 11.9 Å². The monoisotopic (exact) mass is 255 g/mol. The second-order valence-electron chi connectivity index (χ2n) is 4.89. The van der Waals surface area contributed by atoms with Crippen LogP contribution in [0.4, 0.5) is 0 Å². The maximum absolute atomic E-state index is 11.6. The minimum atomic E-state index is -0.796. The maximum Gasteiger partial charge on any atom is 0.328 e. The van der Waals surface area contributed by atoms with Gasteiger partial charge < -0.3 is 20.0 Å². The lowest BCUT2D eigenvalue weighted by Crippen LogP contribution is -2.42. The van der Waals surface area contributed by atoms with Crippen LogP contribution in [0.2, 0.25) is 0 Å². The topological polar surface area (TPSA) is 104 Å². The minimum Gasteiger partial charge on any atom is -0.458 e. The van der Waals surface area contributed by atoms with E-state index in [1.165, 1.54) is 13.1 Å². The summed E-state index contributed by atoms with van der Waals surface area (Å²) in [5, 5.41) is 2.43. The van der Waals surface area contributed by atoms with Crippen LogP contribution in [-0.2, 0) is 9.53 Å². The van der Waals surface area contributed by atoms with Gasteiger partial charge in [-0.2, -0.15) is 0 Å². The molecule has 1 aromatic rings. The first-order valence-corrected chi connectivity index (χ1v) is 5.50. The fourth-order valence-electron chi connectivity index (χ4n) is 1.18. The average molecular weight is 255 g/mol. The first-order valence-electron chi connectivity index (χ1n) is 5.50. The second-order valence-corrected chi connectivity index (χ2v) is 4.89. The van der Waals surface area contributed by atoms with Crippen molar-refractivity contribution in [3.8, 4) is 0 Å². The number of carbonyl (C=O) groups is 2. The van der Waals surface area contributed by atoms with E-state index in [-0.39, 0.29) is 5.69 Å². The normalized spacial score (nSPS) is 12.9. The first kappa shape index (κ1) is 14.0. The van der Waals surface area contributed by atoms with Gasteiger partial charge in [-0.15, -0.1) is 0 Å². The molecule has 0 radical (unpaired) electrons. The van der Waals surface area contributed by atoms with Crippen molar-refractivity contribution in [3.05, 3.63) is 22.4 Å². The molecule has 0 aliphatic rings. The van der Waals surface area contributed by atoms with E-state index >= 15 is 0 Å². The van der Waals surface area contributed by atoms with E-state index in [9.17, 15) is 14.4 Å². The third kappa shape index (κ3) is 4.08. The average Bonchev–Trinajstić information content (AvgIpc) is 2.62. The van der Waals surface area contributed by atoms with Gasteiger partial charge >= 0.3 is 11.7 Å². The Bertz CT molecular complexity index is 495. The number of aromatic nitrogens is 2. The predicted molar refractivity (Wildman–Crippen MR) is 64.2 cm³/mol. The zero-order chi connectivity index (χ0) is 13.9. The number of carbonyl (C=O) groups excluding carboxylic acids is 2. The zero-order valence-electron chi connectivity index (χ0n) is 10.8. The van der Waals surface area contributed by atoms with Crippen LogP contribution in [0.3, 0.4) is 0 Å². The van der Waals surface area contributed by atoms with Crippen LogP contribution in [0.15, 0.2) is 11.0 Å². The van der Waals surface area contributed by atoms with Gasteiger partial charge in [-0.05, 0) is 27.7 Å². The Hall–Kier alpha value is -2.05. The highest BCUT2D eigenvalue weighted by atomic mass is 16.6. The maximum atomic E-state index is 11.6. The summed E-state index contributed by atoms with van der Waals surface area (Å²) in [6, 6.07) is -0.796. The van der Waals surface area contributed by atoms with E-state index in [2.05, 4.69) is 15.3 Å². The van der Waals surface area contributed by atoms with Gasteiger partial charge in [0.05, 0.1) is 0 Å². The van der Waals surface area contributed by atoms with E-state index in [1.807, 2.05) is 0 Å². The second kappa shape index (κ2) is 5.07. The predicted octanol–water partition coefficient (Wildman–Crippen LogP) is 0.163. The molecular formula is C11H17N3O4. The molecule has 18 heavy (non-hydrogen) atoms. The molecule has 1 heterocycles. The highest BCUT2D eigenvalue weighted by Gasteiger charge is 2.23. The van der Waals surface area contributed by atoms with Crippen molar-refractivity contribution in [1.29, 1.82) is 0 Å². The molecule has 100 valence electrons. The van der Waals surface area contributed by atoms with Crippen LogP contribution in [-0.4, -0.2) is 33.5 Å². The molecule has 3 N–H and O–H groups in total. The molecular weight excluding hydrogens is 238 g/mol. The van der Waals surface area contributed by atoms with Gasteiger partial charge in [0, 0.05) is 6.20 Å². The van der Waals surface area contributed by atoms with Crippen molar-refractivity contribution in [2.75, 3.05) is 0 Å². The minimum absolute atomic E-state index is 0.0652. The number of imidazole rings is 1. The molecule has 0 fully saturated rings. The summed E-state index contributed by atoms with van der Waals surface area (Å²) in [7, 11) is 0. The number of nitrogens with one attached hydrogen (secondary N) is 3. The Morgan fingerprint density at radius 1 is 1.39 bits per heavy atom. The lowest BCUT2D eigenvalue weighted by Gasteiger charge is -2.22. The van der Waals surface area contributed by atoms with Crippen LogP contribution in [0, 0.1) is 0 Å². The standard InChI is InChI=1S/C11H17N3O4/c1-6(9(16)18-11(2,3)4)13-8(15)7-5-12-10(17)14-7/h5-6H,1-4H3,(H,13,15)(H2,12,14,17)/t6-/m1/s1. The van der Waals surface area contributed by atoms with E-state index in [1.54, 1.807) is 20.8 Å². The lowest BCUT2D eigenvalue weighted by molar-refractivity contribution is -0.156.